The van der Waals surface area contributed by atoms with E-state index in [2.05, 4.69) is 20.7 Å². The van der Waals surface area contributed by atoms with Gasteiger partial charge in [-0.05, 0) is 35.9 Å². The van der Waals surface area contributed by atoms with E-state index >= 15 is 0 Å². The Morgan fingerprint density at radius 3 is 2.48 bits per heavy atom. The van der Waals surface area contributed by atoms with E-state index in [1.165, 1.54) is 24.3 Å². The van der Waals surface area contributed by atoms with E-state index in [-0.39, 0.29) is 17.8 Å². The zero-order valence-electron chi connectivity index (χ0n) is 18.2. The molecule has 0 aliphatic rings. The summed E-state index contributed by atoms with van der Waals surface area (Å²) in [5, 5.41) is 11.8. The maximum absolute atomic E-state index is 12.4. The third kappa shape index (κ3) is 5.01. The molecule has 0 bridgehead atoms. The highest BCUT2D eigenvalue weighted by Gasteiger charge is 2.13. The Kier molecular flexibility index (Phi) is 6.36. The Morgan fingerprint density at radius 2 is 1.79 bits per heavy atom. The molecular weight excluding hydrogens is 442 g/mol. The summed E-state index contributed by atoms with van der Waals surface area (Å²) in [4.78, 5) is 28.6. The van der Waals surface area contributed by atoms with Crippen molar-refractivity contribution in [2.45, 2.75) is 6.92 Å². The van der Waals surface area contributed by atoms with Crippen LogP contribution in [0, 0.1) is 0 Å². The fourth-order valence-electron chi connectivity index (χ4n) is 3.14. The zero-order chi connectivity index (χ0) is 23.4. The summed E-state index contributed by atoms with van der Waals surface area (Å²) in [7, 11) is 3.12. The third-order valence-corrected chi connectivity index (χ3v) is 5.47. The first-order chi connectivity index (χ1) is 16.0. The lowest BCUT2D eigenvalue weighted by Crippen LogP contribution is -2.09. The third-order valence-electron chi connectivity index (χ3n) is 4.65. The molecule has 33 heavy (non-hydrogen) atoms. The summed E-state index contributed by atoms with van der Waals surface area (Å²) in [5.41, 5.74) is 3.24. The molecule has 2 aromatic carbocycles. The number of methoxy groups -OCH3 is 2. The number of nitrogens with one attached hydrogen (secondary N) is 2. The van der Waals surface area contributed by atoms with E-state index < -0.39 is 0 Å². The minimum atomic E-state index is -0.357. The molecule has 10 heteroatoms. The Bertz CT molecular complexity index is 1340. The first-order valence-electron chi connectivity index (χ1n) is 9.90. The minimum absolute atomic E-state index is 0.127. The summed E-state index contributed by atoms with van der Waals surface area (Å²) < 4.78 is 12.2. The number of hydrogen-bond donors (Lipinski definition) is 2. The number of carbonyl (C=O) groups is 2. The molecule has 2 heterocycles. The van der Waals surface area contributed by atoms with E-state index in [0.29, 0.717) is 22.1 Å². The number of rotatable bonds is 7. The molecule has 0 atom stereocenters. The molecule has 4 aromatic rings. The largest absolute Gasteiger partial charge is 0.493 e. The summed E-state index contributed by atoms with van der Waals surface area (Å²) in [5.74, 6) is 0.914. The van der Waals surface area contributed by atoms with Crippen molar-refractivity contribution in [2.75, 3.05) is 24.9 Å². The topological polar surface area (TPSA) is 107 Å². The van der Waals surface area contributed by atoms with Crippen LogP contribution < -0.4 is 20.1 Å². The van der Waals surface area contributed by atoms with E-state index in [9.17, 15) is 9.59 Å². The highest BCUT2D eigenvalue weighted by Crippen LogP contribution is 2.28. The molecular formula is C23H21N5O4S. The van der Waals surface area contributed by atoms with Gasteiger partial charge in [0.25, 0.3) is 11.9 Å². The van der Waals surface area contributed by atoms with Gasteiger partial charge in [-0.25, -0.2) is 4.52 Å². The van der Waals surface area contributed by atoms with Gasteiger partial charge in [-0.2, -0.15) is 4.98 Å². The average Bonchev–Trinajstić information content (AvgIpc) is 3.38. The van der Waals surface area contributed by atoms with Crippen molar-refractivity contribution in [1.29, 1.82) is 0 Å². The number of carbonyl (C=O) groups excluding carboxylic acids is 2. The van der Waals surface area contributed by atoms with Gasteiger partial charge in [0.1, 0.15) is 0 Å². The van der Waals surface area contributed by atoms with Crippen molar-refractivity contribution in [3.05, 3.63) is 59.5 Å². The number of aromatic nitrogens is 3. The van der Waals surface area contributed by atoms with Crippen LogP contribution >= 0.6 is 11.3 Å². The second kappa shape index (κ2) is 9.53. The molecule has 0 saturated heterocycles. The van der Waals surface area contributed by atoms with Gasteiger partial charge in [-0.3, -0.25) is 14.9 Å². The van der Waals surface area contributed by atoms with Crippen LogP contribution in [-0.2, 0) is 9.59 Å². The van der Waals surface area contributed by atoms with Gasteiger partial charge in [0.15, 0.2) is 11.5 Å². The van der Waals surface area contributed by atoms with Gasteiger partial charge in [0.2, 0.25) is 10.9 Å². The van der Waals surface area contributed by atoms with Crippen LogP contribution in [0.15, 0.2) is 53.9 Å². The molecule has 2 N–H and O–H groups in total. The number of benzene rings is 2. The lowest BCUT2D eigenvalue weighted by Gasteiger charge is -2.07. The molecule has 9 nitrogen and oxygen atoms in total. The summed E-state index contributed by atoms with van der Waals surface area (Å²) in [6.45, 7) is 1.46. The molecule has 0 spiro atoms. The quantitative estimate of drug-likeness (QED) is 0.400. The molecule has 4 rings (SSSR count). The molecule has 0 fully saturated rings. The monoisotopic (exact) mass is 463 g/mol. The van der Waals surface area contributed by atoms with Crippen LogP contribution in [0.5, 0.6) is 11.5 Å². The van der Waals surface area contributed by atoms with Gasteiger partial charge < -0.3 is 14.8 Å². The predicted molar refractivity (Wildman–Crippen MR) is 128 cm³/mol. The van der Waals surface area contributed by atoms with E-state index in [4.69, 9.17) is 9.47 Å². The molecule has 0 radical (unpaired) electrons. The normalized spacial score (nSPS) is 11.0. The molecule has 0 unspecified atom stereocenters. The van der Waals surface area contributed by atoms with Crippen LogP contribution in [0.4, 0.5) is 11.6 Å². The fourth-order valence-corrected chi connectivity index (χ4v) is 3.97. The SMILES string of the molecule is COc1ccc(/C=C/C(=O)Nc2nc3scc(-c4ccc(NC(C)=O)cc4)n3n2)cc1OC. The standard InChI is InChI=1S/C23H21N5O4S/c1-14(29)24-17-8-6-16(7-9-17)18-13-33-23-26-22(27-28(18)23)25-21(30)11-5-15-4-10-19(31-2)20(12-15)32-3/h4-13H,1-3H3,(H,24,29)(H,25,27,30)/b11-5+. The Hall–Kier alpha value is -4.18. The lowest BCUT2D eigenvalue weighted by atomic mass is 10.1. The number of anilines is 2. The van der Waals surface area contributed by atoms with E-state index in [1.807, 2.05) is 35.7 Å². The Labute approximate surface area is 193 Å². The van der Waals surface area contributed by atoms with Gasteiger partial charge in [-0.15, -0.1) is 16.4 Å². The van der Waals surface area contributed by atoms with Crippen molar-refractivity contribution in [2.24, 2.45) is 0 Å². The van der Waals surface area contributed by atoms with E-state index in [0.717, 1.165) is 16.8 Å². The second-order valence-electron chi connectivity index (χ2n) is 6.95. The number of thiazole rings is 1. The Balaban J connectivity index is 1.47. The minimum Gasteiger partial charge on any atom is -0.493 e. The summed E-state index contributed by atoms with van der Waals surface area (Å²) >= 11 is 1.41. The van der Waals surface area contributed by atoms with Crippen molar-refractivity contribution in [3.63, 3.8) is 0 Å². The van der Waals surface area contributed by atoms with Gasteiger partial charge in [0.05, 0.1) is 19.9 Å². The molecule has 0 aliphatic carbocycles. The van der Waals surface area contributed by atoms with Crippen LogP contribution in [-0.4, -0.2) is 40.6 Å². The number of amides is 2. The highest BCUT2D eigenvalue weighted by molar-refractivity contribution is 7.15. The maximum atomic E-state index is 12.4. The average molecular weight is 464 g/mol. The summed E-state index contributed by atoms with van der Waals surface area (Å²) in [6, 6.07) is 12.8. The van der Waals surface area contributed by atoms with Crippen LogP contribution in [0.3, 0.4) is 0 Å². The zero-order valence-corrected chi connectivity index (χ0v) is 19.0. The van der Waals surface area contributed by atoms with Crippen molar-refractivity contribution in [1.82, 2.24) is 14.6 Å². The predicted octanol–water partition coefficient (Wildman–Crippen LogP) is 4.09. The van der Waals surface area contributed by atoms with Gasteiger partial charge >= 0.3 is 0 Å². The number of fused-ring (bicyclic) bond motifs is 1. The summed E-state index contributed by atoms with van der Waals surface area (Å²) in [6.07, 6.45) is 3.07. The molecule has 2 aromatic heterocycles. The second-order valence-corrected chi connectivity index (χ2v) is 7.78. The highest BCUT2D eigenvalue weighted by atomic mass is 32.1. The lowest BCUT2D eigenvalue weighted by molar-refractivity contribution is -0.114. The molecule has 0 aliphatic heterocycles. The van der Waals surface area contributed by atoms with Crippen LogP contribution in [0.25, 0.3) is 22.3 Å². The van der Waals surface area contributed by atoms with Crippen molar-refractivity contribution >= 4 is 45.8 Å². The van der Waals surface area contributed by atoms with Crippen LogP contribution in [0.1, 0.15) is 12.5 Å². The van der Waals surface area contributed by atoms with Crippen LogP contribution in [0.2, 0.25) is 0 Å². The van der Waals surface area contributed by atoms with Crippen molar-refractivity contribution < 1.29 is 19.1 Å². The number of ether oxygens (including phenoxy) is 2. The Morgan fingerprint density at radius 1 is 1.03 bits per heavy atom. The molecule has 2 amide bonds. The number of nitrogens with zero attached hydrogens (tertiary/aromatic N) is 3. The van der Waals surface area contributed by atoms with E-state index in [1.54, 1.807) is 36.9 Å². The first kappa shape index (κ1) is 22.0. The van der Waals surface area contributed by atoms with Gasteiger partial charge in [-0.1, -0.05) is 18.2 Å². The maximum Gasteiger partial charge on any atom is 0.250 e. The number of hydrogen-bond acceptors (Lipinski definition) is 7. The smallest absolute Gasteiger partial charge is 0.250 e. The van der Waals surface area contributed by atoms with Crippen molar-refractivity contribution in [3.8, 4) is 22.8 Å². The first-order valence-corrected chi connectivity index (χ1v) is 10.8. The van der Waals surface area contributed by atoms with Gasteiger partial charge in [0, 0.05) is 29.6 Å². The fraction of sp³-hybridized carbons (Fsp3) is 0.130. The molecule has 0 saturated carbocycles. The molecule has 168 valence electrons.